The van der Waals surface area contributed by atoms with Crippen LogP contribution in [0.25, 0.3) is 16.9 Å². The molecular formula is C34H38ClF2N9O5. The fourth-order valence-corrected chi connectivity index (χ4v) is 7.59. The monoisotopic (exact) mass is 725 g/mol. The van der Waals surface area contributed by atoms with Gasteiger partial charge in [-0.15, -0.1) is 0 Å². The second-order valence-corrected chi connectivity index (χ2v) is 13.6. The van der Waals surface area contributed by atoms with Gasteiger partial charge < -0.3 is 29.5 Å². The number of hydrogen-bond donors (Lipinski definition) is 1. The number of nitrogens with one attached hydrogen (secondary N) is 1. The number of amides is 3. The molecule has 3 amide bonds. The van der Waals surface area contributed by atoms with Crippen molar-refractivity contribution in [2.75, 3.05) is 57.7 Å². The van der Waals surface area contributed by atoms with Gasteiger partial charge in [0.25, 0.3) is 5.91 Å². The normalized spacial score (nSPS) is 19.5. The molecule has 1 N–H and O–H groups in total. The third kappa shape index (κ3) is 7.61. The van der Waals surface area contributed by atoms with Gasteiger partial charge in [0.1, 0.15) is 23.6 Å². The Morgan fingerprint density at radius 2 is 1.84 bits per heavy atom. The maximum Gasteiger partial charge on any atom is 0.409 e. The average Bonchev–Trinajstić information content (AvgIpc) is 3.89. The van der Waals surface area contributed by atoms with Crippen molar-refractivity contribution in [3.8, 4) is 17.0 Å². The standard InChI is InChI=1S/C34H38ClF2N9O5/c1-2-50-34(49)43-10-6-21(7-11-43)14-42-15-22-17-44(18-23(22)16-42)29(47)20-45-19-27(40-32(48)26-13-39-46-9-3-8-38-31(26)46)30(41-45)25-12-24(35)4-5-28(25)51-33(36)37/h3-5,8-9,12-13,19,21-23,33H,2,6-7,10-11,14-18,20H2,1H3,(H,40,48)/t22-,23+. The second kappa shape index (κ2) is 14.8. The first kappa shape index (κ1) is 34.6. The van der Waals surface area contributed by atoms with Crippen LogP contribution < -0.4 is 10.1 Å². The molecule has 6 heterocycles. The van der Waals surface area contributed by atoms with E-state index in [0.29, 0.717) is 56.2 Å². The minimum absolute atomic E-state index is 0.0979. The quantitative estimate of drug-likeness (QED) is 0.253. The maximum atomic E-state index is 13.6. The molecule has 0 bridgehead atoms. The fraction of sp³-hybridized carbons (Fsp3) is 0.471. The third-order valence-electron chi connectivity index (χ3n) is 9.82. The smallest absolute Gasteiger partial charge is 0.409 e. The van der Waals surface area contributed by atoms with Crippen LogP contribution in [0.15, 0.2) is 49.1 Å². The van der Waals surface area contributed by atoms with E-state index in [1.807, 2.05) is 11.8 Å². The van der Waals surface area contributed by atoms with E-state index in [1.54, 1.807) is 17.2 Å². The number of hydrogen-bond acceptors (Lipinski definition) is 9. The van der Waals surface area contributed by atoms with Crippen molar-refractivity contribution < 1.29 is 32.6 Å². The minimum Gasteiger partial charge on any atom is -0.450 e. The molecule has 3 saturated heterocycles. The number of halogens is 3. The topological polar surface area (TPSA) is 139 Å². The van der Waals surface area contributed by atoms with Crippen molar-refractivity contribution in [2.24, 2.45) is 17.8 Å². The summed E-state index contributed by atoms with van der Waals surface area (Å²) in [4.78, 5) is 49.5. The summed E-state index contributed by atoms with van der Waals surface area (Å²) in [6, 6.07) is 5.80. The lowest BCUT2D eigenvalue weighted by Gasteiger charge is -2.33. The van der Waals surface area contributed by atoms with Gasteiger partial charge in [0.05, 0.1) is 18.5 Å². The Morgan fingerprint density at radius 1 is 1.08 bits per heavy atom. The van der Waals surface area contributed by atoms with Gasteiger partial charge >= 0.3 is 12.7 Å². The van der Waals surface area contributed by atoms with Crippen molar-refractivity contribution in [3.63, 3.8) is 0 Å². The highest BCUT2D eigenvalue weighted by Crippen LogP contribution is 2.38. The first-order valence-electron chi connectivity index (χ1n) is 17.0. The van der Waals surface area contributed by atoms with Crippen LogP contribution >= 0.6 is 11.6 Å². The van der Waals surface area contributed by atoms with Gasteiger partial charge in [-0.05, 0) is 61.8 Å². The predicted molar refractivity (Wildman–Crippen MR) is 182 cm³/mol. The van der Waals surface area contributed by atoms with Crippen LogP contribution in [0.3, 0.4) is 0 Å². The molecule has 3 aromatic heterocycles. The Balaban J connectivity index is 1.02. The number of piperidine rings is 1. The number of carbonyl (C=O) groups is 3. The van der Waals surface area contributed by atoms with Crippen LogP contribution in [0.1, 0.15) is 30.1 Å². The molecule has 270 valence electrons. The van der Waals surface area contributed by atoms with Crippen molar-refractivity contribution in [1.29, 1.82) is 0 Å². The van der Waals surface area contributed by atoms with E-state index in [1.165, 1.54) is 46.0 Å². The summed E-state index contributed by atoms with van der Waals surface area (Å²) in [6.07, 6.45) is 7.71. The van der Waals surface area contributed by atoms with Crippen LogP contribution in [0.4, 0.5) is 19.3 Å². The zero-order chi connectivity index (χ0) is 35.6. The van der Waals surface area contributed by atoms with Crippen molar-refractivity contribution >= 4 is 40.8 Å². The Hall–Kier alpha value is -4.83. The van der Waals surface area contributed by atoms with Crippen LogP contribution in [-0.4, -0.2) is 116 Å². The van der Waals surface area contributed by atoms with E-state index in [2.05, 4.69) is 25.4 Å². The lowest BCUT2D eigenvalue weighted by Crippen LogP contribution is -2.42. The molecule has 0 unspecified atom stereocenters. The van der Waals surface area contributed by atoms with E-state index in [-0.39, 0.29) is 51.8 Å². The van der Waals surface area contributed by atoms with Gasteiger partial charge in [-0.3, -0.25) is 14.3 Å². The van der Waals surface area contributed by atoms with Crippen LogP contribution in [0, 0.1) is 17.8 Å². The number of benzene rings is 1. The van der Waals surface area contributed by atoms with Crippen LogP contribution in [0.5, 0.6) is 5.75 Å². The van der Waals surface area contributed by atoms with Crippen molar-refractivity contribution in [1.82, 2.24) is 39.1 Å². The molecule has 17 heteroatoms. The summed E-state index contributed by atoms with van der Waals surface area (Å²) < 4.78 is 39.5. The molecule has 3 aliphatic heterocycles. The molecule has 3 fully saturated rings. The molecule has 0 radical (unpaired) electrons. The van der Waals surface area contributed by atoms with Gasteiger partial charge in [-0.1, -0.05) is 11.6 Å². The van der Waals surface area contributed by atoms with E-state index < -0.39 is 12.5 Å². The molecule has 3 aliphatic rings. The largest absolute Gasteiger partial charge is 0.450 e. The molecule has 7 rings (SSSR count). The SMILES string of the molecule is CCOC(=O)N1CCC(CN2C[C@@H]3CN(C(=O)Cn4cc(NC(=O)c5cnn6cccnc56)c(-c5cc(Cl)ccc5OC(F)F)n4)C[C@@H]3C2)CC1. The highest BCUT2D eigenvalue weighted by atomic mass is 35.5. The predicted octanol–water partition coefficient (Wildman–Crippen LogP) is 4.36. The van der Waals surface area contributed by atoms with Crippen molar-refractivity contribution in [3.05, 3.63) is 59.6 Å². The molecule has 51 heavy (non-hydrogen) atoms. The zero-order valence-corrected chi connectivity index (χ0v) is 28.7. The minimum atomic E-state index is -3.12. The average molecular weight is 726 g/mol. The van der Waals surface area contributed by atoms with Crippen molar-refractivity contribution in [2.45, 2.75) is 32.9 Å². The zero-order valence-electron chi connectivity index (χ0n) is 28.0. The third-order valence-corrected chi connectivity index (χ3v) is 10.1. The Morgan fingerprint density at radius 3 is 2.57 bits per heavy atom. The van der Waals surface area contributed by atoms with E-state index in [9.17, 15) is 23.2 Å². The van der Waals surface area contributed by atoms with Crippen LogP contribution in [0.2, 0.25) is 5.02 Å². The van der Waals surface area contributed by atoms with Gasteiger partial charge in [0.15, 0.2) is 5.65 Å². The number of alkyl halides is 2. The van der Waals surface area contributed by atoms with Gasteiger partial charge in [0, 0.05) is 75.0 Å². The summed E-state index contributed by atoms with van der Waals surface area (Å²) in [5, 5.41) is 11.8. The van der Waals surface area contributed by atoms with Gasteiger partial charge in [0.2, 0.25) is 5.91 Å². The van der Waals surface area contributed by atoms with Gasteiger partial charge in [-0.2, -0.15) is 19.0 Å². The molecule has 1 aromatic carbocycles. The molecule has 0 aliphatic carbocycles. The van der Waals surface area contributed by atoms with E-state index in [0.717, 1.165) is 32.5 Å². The number of aromatic nitrogens is 5. The Bertz CT molecular complexity index is 1900. The molecule has 0 saturated carbocycles. The summed E-state index contributed by atoms with van der Waals surface area (Å²) in [7, 11) is 0. The molecule has 14 nitrogen and oxygen atoms in total. The second-order valence-electron chi connectivity index (χ2n) is 13.2. The summed E-state index contributed by atoms with van der Waals surface area (Å²) in [5.74, 6) is 0.340. The maximum absolute atomic E-state index is 13.6. The molecule has 0 spiro atoms. The number of fused-ring (bicyclic) bond motifs is 2. The number of rotatable bonds is 10. The molecular weight excluding hydrogens is 688 g/mol. The number of anilines is 1. The number of ether oxygens (including phenoxy) is 2. The molecule has 2 atom stereocenters. The fourth-order valence-electron chi connectivity index (χ4n) is 7.42. The lowest BCUT2D eigenvalue weighted by molar-refractivity contribution is -0.131. The Kier molecular flexibility index (Phi) is 10.0. The summed E-state index contributed by atoms with van der Waals surface area (Å²) in [6.45, 7) is 4.42. The highest BCUT2D eigenvalue weighted by molar-refractivity contribution is 6.31. The van der Waals surface area contributed by atoms with Gasteiger partial charge in [-0.25, -0.2) is 14.3 Å². The number of carbonyl (C=O) groups excluding carboxylic acids is 3. The Labute approximate surface area is 297 Å². The molecule has 4 aromatic rings. The first-order valence-corrected chi connectivity index (χ1v) is 17.4. The van der Waals surface area contributed by atoms with Crippen LogP contribution in [-0.2, 0) is 16.1 Å². The number of nitrogens with zero attached hydrogens (tertiary/aromatic N) is 8. The summed E-state index contributed by atoms with van der Waals surface area (Å²) in [5.41, 5.74) is 0.873. The van der Waals surface area contributed by atoms with E-state index >= 15 is 0 Å². The summed E-state index contributed by atoms with van der Waals surface area (Å²) >= 11 is 6.26. The van der Waals surface area contributed by atoms with E-state index in [4.69, 9.17) is 21.1 Å². The lowest BCUT2D eigenvalue weighted by atomic mass is 9.96. The number of likely N-dealkylation sites (tertiary alicyclic amines) is 3. The first-order chi connectivity index (χ1) is 24.6. The highest BCUT2D eigenvalue weighted by Gasteiger charge is 2.42.